The molecule has 0 aliphatic heterocycles. The smallest absolute Gasteiger partial charge is 0.264 e. The lowest BCUT2D eigenvalue weighted by atomic mass is 10.1. The quantitative estimate of drug-likeness (QED) is 0.308. The Morgan fingerprint density at radius 3 is 2.05 bits per heavy atom. The predicted octanol–water partition coefficient (Wildman–Crippen LogP) is 5.75. The zero-order valence-electron chi connectivity index (χ0n) is 22.4. The van der Waals surface area contributed by atoms with Gasteiger partial charge in [-0.2, -0.15) is 0 Å². The fourth-order valence-corrected chi connectivity index (χ4v) is 5.57. The lowest BCUT2D eigenvalue weighted by Gasteiger charge is -2.32. The van der Waals surface area contributed by atoms with E-state index in [0.29, 0.717) is 22.3 Å². The van der Waals surface area contributed by atoms with Crippen molar-refractivity contribution in [2.45, 2.75) is 51.6 Å². The molecule has 0 saturated carbocycles. The van der Waals surface area contributed by atoms with Crippen LogP contribution in [-0.4, -0.2) is 44.3 Å². The van der Waals surface area contributed by atoms with Crippen molar-refractivity contribution in [2.24, 2.45) is 0 Å². The highest BCUT2D eigenvalue weighted by Gasteiger charge is 2.32. The first-order valence-electron chi connectivity index (χ1n) is 12.6. The second kappa shape index (κ2) is 13.3. The molecule has 0 aliphatic rings. The summed E-state index contributed by atoms with van der Waals surface area (Å²) in [5.41, 5.74) is 2.96. The van der Waals surface area contributed by atoms with Gasteiger partial charge in [-0.1, -0.05) is 48.3 Å². The van der Waals surface area contributed by atoms with Crippen molar-refractivity contribution < 1.29 is 18.0 Å². The molecule has 0 radical (unpaired) electrons. The van der Waals surface area contributed by atoms with Gasteiger partial charge in [0.1, 0.15) is 12.6 Å². The van der Waals surface area contributed by atoms with Crippen LogP contribution >= 0.6 is 23.2 Å². The number of carbonyl (C=O) groups is 2. The lowest BCUT2D eigenvalue weighted by molar-refractivity contribution is -0.139. The molecular weight excluding hydrogens is 557 g/mol. The molecule has 10 heteroatoms. The standard InChI is InChI=1S/C29H33Cl2N3O4S/c1-5-16-32-29(36)22(4)33(18-23-7-9-24(30)10-8-23)28(35)19-34(26-13-6-20(2)21(3)17-26)39(37,38)27-14-11-25(31)12-15-27/h6-15,17,22H,5,16,18-19H2,1-4H3,(H,32,36)/t22-/m1/s1. The minimum absolute atomic E-state index is 0.00378. The van der Waals surface area contributed by atoms with Gasteiger partial charge in [-0.3, -0.25) is 13.9 Å². The molecule has 0 unspecified atom stereocenters. The summed E-state index contributed by atoms with van der Waals surface area (Å²) in [5.74, 6) is -0.850. The summed E-state index contributed by atoms with van der Waals surface area (Å²) in [6.45, 7) is 7.42. The zero-order valence-corrected chi connectivity index (χ0v) is 24.8. The van der Waals surface area contributed by atoms with Crippen LogP contribution in [0.4, 0.5) is 5.69 Å². The first-order chi connectivity index (χ1) is 18.4. The molecule has 3 aromatic rings. The second-order valence-electron chi connectivity index (χ2n) is 9.35. The number of aryl methyl sites for hydroxylation is 2. The van der Waals surface area contributed by atoms with Crippen LogP contribution in [0.2, 0.25) is 10.0 Å². The SMILES string of the molecule is CCCNC(=O)[C@@H](C)N(Cc1ccc(Cl)cc1)C(=O)CN(c1ccc(C)c(C)c1)S(=O)(=O)c1ccc(Cl)cc1. The molecular formula is C29H33Cl2N3O4S. The molecule has 2 amide bonds. The summed E-state index contributed by atoms with van der Waals surface area (Å²) in [6, 6.07) is 17.1. The van der Waals surface area contributed by atoms with Crippen LogP contribution in [0.25, 0.3) is 0 Å². The summed E-state index contributed by atoms with van der Waals surface area (Å²) in [7, 11) is -4.16. The molecule has 0 fully saturated rings. The number of anilines is 1. The molecule has 0 spiro atoms. The Morgan fingerprint density at radius 2 is 1.49 bits per heavy atom. The van der Waals surface area contributed by atoms with E-state index in [1.807, 2.05) is 26.8 Å². The molecule has 39 heavy (non-hydrogen) atoms. The van der Waals surface area contributed by atoms with E-state index in [1.165, 1.54) is 29.2 Å². The van der Waals surface area contributed by atoms with Gasteiger partial charge in [0.05, 0.1) is 10.6 Å². The normalized spacial score (nSPS) is 12.1. The van der Waals surface area contributed by atoms with Crippen molar-refractivity contribution in [3.63, 3.8) is 0 Å². The highest BCUT2D eigenvalue weighted by Crippen LogP contribution is 2.27. The summed E-state index contributed by atoms with van der Waals surface area (Å²) in [4.78, 5) is 28.2. The van der Waals surface area contributed by atoms with Crippen LogP contribution < -0.4 is 9.62 Å². The van der Waals surface area contributed by atoms with Crippen molar-refractivity contribution in [2.75, 3.05) is 17.4 Å². The van der Waals surface area contributed by atoms with E-state index in [9.17, 15) is 18.0 Å². The lowest BCUT2D eigenvalue weighted by Crippen LogP contribution is -2.51. The highest BCUT2D eigenvalue weighted by atomic mass is 35.5. The Balaban J connectivity index is 2.04. The number of hydrogen-bond donors (Lipinski definition) is 1. The molecule has 0 aromatic heterocycles. The third kappa shape index (κ3) is 7.75. The summed E-state index contributed by atoms with van der Waals surface area (Å²) >= 11 is 12.0. The van der Waals surface area contributed by atoms with Crippen molar-refractivity contribution in [3.05, 3.63) is 93.5 Å². The maximum atomic E-state index is 13.9. The Hall–Kier alpha value is -3.07. The number of amides is 2. The largest absolute Gasteiger partial charge is 0.354 e. The number of nitrogens with zero attached hydrogens (tertiary/aromatic N) is 2. The van der Waals surface area contributed by atoms with Gasteiger partial charge in [0.25, 0.3) is 10.0 Å². The number of hydrogen-bond acceptors (Lipinski definition) is 4. The number of carbonyl (C=O) groups excluding carboxylic acids is 2. The predicted molar refractivity (Wildman–Crippen MR) is 157 cm³/mol. The van der Waals surface area contributed by atoms with E-state index in [4.69, 9.17) is 23.2 Å². The molecule has 3 aromatic carbocycles. The fourth-order valence-electron chi connectivity index (χ4n) is 3.91. The van der Waals surface area contributed by atoms with Crippen LogP contribution in [0, 0.1) is 13.8 Å². The Kier molecular flexibility index (Phi) is 10.4. The molecule has 0 saturated heterocycles. The monoisotopic (exact) mass is 589 g/mol. The minimum atomic E-state index is -4.16. The third-order valence-corrected chi connectivity index (χ3v) is 8.73. The number of benzene rings is 3. The van der Waals surface area contributed by atoms with Crippen LogP contribution in [0.5, 0.6) is 0 Å². The summed E-state index contributed by atoms with van der Waals surface area (Å²) in [5, 5.41) is 3.76. The van der Waals surface area contributed by atoms with Crippen molar-refractivity contribution in [1.29, 1.82) is 0 Å². The molecule has 0 aliphatic carbocycles. The molecule has 208 valence electrons. The Labute approximate surface area is 240 Å². The first-order valence-corrected chi connectivity index (χ1v) is 14.8. The molecule has 1 atom stereocenters. The van der Waals surface area contributed by atoms with Crippen molar-refractivity contribution >= 4 is 50.7 Å². The molecule has 7 nitrogen and oxygen atoms in total. The zero-order chi connectivity index (χ0) is 28.7. The molecule has 0 bridgehead atoms. The molecule has 3 rings (SSSR count). The summed E-state index contributed by atoms with van der Waals surface area (Å²) < 4.78 is 28.8. The topological polar surface area (TPSA) is 86.8 Å². The van der Waals surface area contributed by atoms with Crippen LogP contribution in [-0.2, 0) is 26.2 Å². The third-order valence-electron chi connectivity index (χ3n) is 6.44. The maximum Gasteiger partial charge on any atom is 0.264 e. The van der Waals surface area contributed by atoms with Gasteiger partial charge in [-0.25, -0.2) is 8.42 Å². The van der Waals surface area contributed by atoms with E-state index in [2.05, 4.69) is 5.32 Å². The number of halogens is 2. The fraction of sp³-hybridized carbons (Fsp3) is 0.310. The van der Waals surface area contributed by atoms with Crippen LogP contribution in [0.15, 0.2) is 71.6 Å². The van der Waals surface area contributed by atoms with Gasteiger partial charge in [-0.15, -0.1) is 0 Å². The van der Waals surface area contributed by atoms with E-state index in [1.54, 1.807) is 43.3 Å². The van der Waals surface area contributed by atoms with E-state index in [0.717, 1.165) is 27.4 Å². The van der Waals surface area contributed by atoms with Gasteiger partial charge in [0.15, 0.2) is 0 Å². The average molecular weight is 591 g/mol. The van der Waals surface area contributed by atoms with Crippen LogP contribution in [0.3, 0.4) is 0 Å². The van der Waals surface area contributed by atoms with Gasteiger partial charge in [0, 0.05) is 23.1 Å². The first kappa shape index (κ1) is 30.5. The van der Waals surface area contributed by atoms with E-state index >= 15 is 0 Å². The molecule has 1 N–H and O–H groups in total. The van der Waals surface area contributed by atoms with Gasteiger partial charge in [-0.05, 0) is 92.4 Å². The maximum absolute atomic E-state index is 13.9. The Bertz CT molecular complexity index is 1410. The van der Waals surface area contributed by atoms with E-state index in [-0.39, 0.29) is 17.3 Å². The second-order valence-corrected chi connectivity index (χ2v) is 12.1. The van der Waals surface area contributed by atoms with E-state index < -0.39 is 28.5 Å². The molecule has 0 heterocycles. The number of nitrogens with one attached hydrogen (secondary N) is 1. The average Bonchev–Trinajstić information content (AvgIpc) is 2.91. The van der Waals surface area contributed by atoms with Crippen molar-refractivity contribution in [3.8, 4) is 0 Å². The number of sulfonamides is 1. The van der Waals surface area contributed by atoms with Gasteiger partial charge in [0.2, 0.25) is 11.8 Å². The van der Waals surface area contributed by atoms with Crippen molar-refractivity contribution in [1.82, 2.24) is 10.2 Å². The number of rotatable bonds is 11. The van der Waals surface area contributed by atoms with Gasteiger partial charge < -0.3 is 10.2 Å². The van der Waals surface area contributed by atoms with Gasteiger partial charge >= 0.3 is 0 Å². The summed E-state index contributed by atoms with van der Waals surface area (Å²) in [6.07, 6.45) is 0.740. The Morgan fingerprint density at radius 1 is 0.897 bits per heavy atom. The minimum Gasteiger partial charge on any atom is -0.354 e. The van der Waals surface area contributed by atoms with Crippen LogP contribution in [0.1, 0.15) is 37.0 Å². The highest BCUT2D eigenvalue weighted by molar-refractivity contribution is 7.92.